The number of rotatable bonds is 3. The predicted octanol–water partition coefficient (Wildman–Crippen LogP) is 1.18. The van der Waals surface area contributed by atoms with E-state index < -0.39 is 0 Å². The van der Waals surface area contributed by atoms with Crippen molar-refractivity contribution in [3.05, 3.63) is 18.2 Å². The third-order valence-corrected chi connectivity index (χ3v) is 2.02. The maximum absolute atomic E-state index is 11.2. The summed E-state index contributed by atoms with van der Waals surface area (Å²) in [6, 6.07) is -0.289. The Morgan fingerprint density at radius 1 is 1.77 bits per heavy atom. The highest BCUT2D eigenvalue weighted by molar-refractivity contribution is 5.73. The summed E-state index contributed by atoms with van der Waals surface area (Å²) in [5.41, 5.74) is 0. The van der Waals surface area contributed by atoms with Gasteiger partial charge < -0.3 is 9.30 Å². The van der Waals surface area contributed by atoms with Gasteiger partial charge in [0.1, 0.15) is 11.9 Å². The van der Waals surface area contributed by atoms with Crippen LogP contribution in [0.15, 0.2) is 12.4 Å². The summed E-state index contributed by atoms with van der Waals surface area (Å²) in [6.07, 6.45) is 4.30. The third-order valence-electron chi connectivity index (χ3n) is 2.02. The Morgan fingerprint density at radius 2 is 2.46 bits per heavy atom. The Morgan fingerprint density at radius 3 is 3.00 bits per heavy atom. The lowest BCUT2D eigenvalue weighted by atomic mass is 10.3. The number of nitrogens with zero attached hydrogens (tertiary/aromatic N) is 2. The van der Waals surface area contributed by atoms with Crippen LogP contribution in [0, 0.1) is 0 Å². The zero-order valence-corrected chi connectivity index (χ0v) is 8.15. The fourth-order valence-corrected chi connectivity index (χ4v) is 1.25. The van der Waals surface area contributed by atoms with Gasteiger partial charge in [0.05, 0.1) is 7.11 Å². The number of esters is 1. The highest BCUT2D eigenvalue weighted by Gasteiger charge is 2.16. The van der Waals surface area contributed by atoms with Crippen molar-refractivity contribution in [3.8, 4) is 0 Å². The molecule has 0 radical (unpaired) electrons. The molecule has 1 rings (SSSR count). The normalized spacial score (nSPS) is 12.5. The first-order chi connectivity index (χ1) is 6.20. The summed E-state index contributed by atoms with van der Waals surface area (Å²) in [4.78, 5) is 15.3. The van der Waals surface area contributed by atoms with Crippen LogP contribution in [0.5, 0.6) is 0 Å². The van der Waals surface area contributed by atoms with Crippen LogP contribution in [0.3, 0.4) is 0 Å². The molecule has 0 amide bonds. The van der Waals surface area contributed by atoms with E-state index in [1.807, 2.05) is 11.5 Å². The highest BCUT2D eigenvalue weighted by Crippen LogP contribution is 2.10. The molecular formula is C9H14N2O2. The van der Waals surface area contributed by atoms with Gasteiger partial charge >= 0.3 is 5.97 Å². The van der Waals surface area contributed by atoms with Gasteiger partial charge in [-0.1, -0.05) is 6.92 Å². The fraction of sp³-hybridized carbons (Fsp3) is 0.556. The van der Waals surface area contributed by atoms with Crippen LogP contribution in [-0.2, 0) is 16.0 Å². The minimum absolute atomic E-state index is 0.243. The number of aryl methyl sites for hydroxylation is 1. The van der Waals surface area contributed by atoms with Crippen molar-refractivity contribution < 1.29 is 9.53 Å². The predicted molar refractivity (Wildman–Crippen MR) is 48.3 cm³/mol. The van der Waals surface area contributed by atoms with Gasteiger partial charge in [0.2, 0.25) is 0 Å². The molecule has 0 saturated carbocycles. The quantitative estimate of drug-likeness (QED) is 0.659. The van der Waals surface area contributed by atoms with Crippen LogP contribution in [0.25, 0.3) is 0 Å². The van der Waals surface area contributed by atoms with E-state index in [4.69, 9.17) is 0 Å². The Bertz CT molecular complexity index is 294. The van der Waals surface area contributed by atoms with Gasteiger partial charge in [0.15, 0.2) is 0 Å². The second kappa shape index (κ2) is 4.07. The number of methoxy groups -OCH3 is 1. The molecule has 0 spiro atoms. The number of carbonyl (C=O) groups excluding carboxylic acids is 1. The number of ether oxygens (including phenoxy) is 1. The van der Waals surface area contributed by atoms with E-state index in [1.165, 1.54) is 7.11 Å². The van der Waals surface area contributed by atoms with Crippen LogP contribution in [0.1, 0.15) is 25.7 Å². The van der Waals surface area contributed by atoms with Crippen molar-refractivity contribution in [2.45, 2.75) is 26.3 Å². The molecule has 0 unspecified atom stereocenters. The maximum Gasteiger partial charge on any atom is 0.328 e. The SMILES string of the molecule is CCc1nccn1[C@H](C)C(=O)OC. The van der Waals surface area contributed by atoms with Crippen molar-refractivity contribution in [3.63, 3.8) is 0 Å². The lowest BCUT2D eigenvalue weighted by Crippen LogP contribution is -2.18. The minimum Gasteiger partial charge on any atom is -0.467 e. The number of carbonyl (C=O) groups is 1. The average molecular weight is 182 g/mol. The van der Waals surface area contributed by atoms with Gasteiger partial charge in [0.25, 0.3) is 0 Å². The summed E-state index contributed by atoms with van der Waals surface area (Å²) in [5, 5.41) is 0. The van der Waals surface area contributed by atoms with Crippen molar-refractivity contribution in [1.82, 2.24) is 9.55 Å². The Hall–Kier alpha value is -1.32. The largest absolute Gasteiger partial charge is 0.467 e. The molecule has 4 heteroatoms. The van der Waals surface area contributed by atoms with E-state index in [0.717, 1.165) is 12.2 Å². The molecule has 0 aliphatic rings. The van der Waals surface area contributed by atoms with Gasteiger partial charge in [-0.2, -0.15) is 0 Å². The molecule has 1 heterocycles. The number of hydrogen-bond acceptors (Lipinski definition) is 3. The molecule has 13 heavy (non-hydrogen) atoms. The lowest BCUT2D eigenvalue weighted by Gasteiger charge is -2.12. The van der Waals surface area contributed by atoms with E-state index in [-0.39, 0.29) is 12.0 Å². The van der Waals surface area contributed by atoms with Crippen LogP contribution < -0.4 is 0 Å². The molecular weight excluding hydrogens is 168 g/mol. The molecule has 72 valence electrons. The standard InChI is InChI=1S/C9H14N2O2/c1-4-8-10-5-6-11(8)7(2)9(12)13-3/h5-7H,4H2,1-3H3/t7-/m1/s1. The first-order valence-electron chi connectivity index (χ1n) is 4.30. The van der Waals surface area contributed by atoms with Crippen LogP contribution in [0.2, 0.25) is 0 Å². The summed E-state index contributed by atoms with van der Waals surface area (Å²) in [5.74, 6) is 0.658. The molecule has 0 aliphatic heterocycles. The van der Waals surface area contributed by atoms with Crippen LogP contribution in [-0.4, -0.2) is 22.6 Å². The molecule has 0 aliphatic carbocycles. The Balaban J connectivity index is 2.87. The molecule has 0 N–H and O–H groups in total. The molecule has 1 aromatic heterocycles. The highest BCUT2D eigenvalue weighted by atomic mass is 16.5. The number of aromatic nitrogens is 2. The topological polar surface area (TPSA) is 44.1 Å². The van der Waals surface area contributed by atoms with E-state index in [2.05, 4.69) is 9.72 Å². The second-order valence-corrected chi connectivity index (χ2v) is 2.80. The molecule has 4 nitrogen and oxygen atoms in total. The molecule has 0 saturated heterocycles. The van der Waals surface area contributed by atoms with Gasteiger partial charge in [0, 0.05) is 18.8 Å². The Kier molecular flexibility index (Phi) is 3.06. The fourth-order valence-electron chi connectivity index (χ4n) is 1.25. The molecule has 0 aromatic carbocycles. The maximum atomic E-state index is 11.2. The lowest BCUT2D eigenvalue weighted by molar-refractivity contribution is -0.144. The van der Waals surface area contributed by atoms with Crippen molar-refractivity contribution in [2.75, 3.05) is 7.11 Å². The smallest absolute Gasteiger partial charge is 0.328 e. The first-order valence-corrected chi connectivity index (χ1v) is 4.30. The Labute approximate surface area is 77.5 Å². The number of hydrogen-bond donors (Lipinski definition) is 0. The summed E-state index contributed by atoms with van der Waals surface area (Å²) in [7, 11) is 1.39. The molecule has 0 fully saturated rings. The third kappa shape index (κ3) is 1.88. The van der Waals surface area contributed by atoms with E-state index in [9.17, 15) is 4.79 Å². The summed E-state index contributed by atoms with van der Waals surface area (Å²) < 4.78 is 6.47. The molecule has 0 bridgehead atoms. The summed E-state index contributed by atoms with van der Waals surface area (Å²) >= 11 is 0. The van der Waals surface area contributed by atoms with Crippen molar-refractivity contribution in [1.29, 1.82) is 0 Å². The summed E-state index contributed by atoms with van der Waals surface area (Å²) in [6.45, 7) is 3.80. The monoisotopic (exact) mass is 182 g/mol. The van der Waals surface area contributed by atoms with Crippen molar-refractivity contribution in [2.24, 2.45) is 0 Å². The first kappa shape index (κ1) is 9.77. The van der Waals surface area contributed by atoms with E-state index in [1.54, 1.807) is 19.3 Å². The van der Waals surface area contributed by atoms with Gasteiger partial charge in [-0.15, -0.1) is 0 Å². The number of imidazole rings is 1. The minimum atomic E-state index is -0.289. The molecule has 1 aromatic rings. The van der Waals surface area contributed by atoms with E-state index in [0.29, 0.717) is 0 Å². The van der Waals surface area contributed by atoms with Gasteiger partial charge in [-0.05, 0) is 6.92 Å². The zero-order chi connectivity index (χ0) is 9.84. The van der Waals surface area contributed by atoms with Gasteiger partial charge in [-0.3, -0.25) is 0 Å². The molecule has 1 atom stereocenters. The average Bonchev–Trinajstić information content (AvgIpc) is 2.62. The van der Waals surface area contributed by atoms with Crippen LogP contribution >= 0.6 is 0 Å². The van der Waals surface area contributed by atoms with Crippen molar-refractivity contribution >= 4 is 5.97 Å². The van der Waals surface area contributed by atoms with Crippen LogP contribution in [0.4, 0.5) is 0 Å². The second-order valence-electron chi connectivity index (χ2n) is 2.80. The van der Waals surface area contributed by atoms with E-state index >= 15 is 0 Å². The van der Waals surface area contributed by atoms with Gasteiger partial charge in [-0.25, -0.2) is 9.78 Å². The zero-order valence-electron chi connectivity index (χ0n) is 8.15.